The summed E-state index contributed by atoms with van der Waals surface area (Å²) >= 11 is 0. The van der Waals surface area contributed by atoms with Gasteiger partial charge >= 0.3 is 6.18 Å². The van der Waals surface area contributed by atoms with Crippen LogP contribution in [0.2, 0.25) is 0 Å². The molecule has 0 spiro atoms. The number of halogens is 3. The fourth-order valence-corrected chi connectivity index (χ4v) is 3.44. The topological polar surface area (TPSA) is 26.7 Å². The van der Waals surface area contributed by atoms with Crippen LogP contribution in [0, 0.1) is 0 Å². The van der Waals surface area contributed by atoms with Crippen LogP contribution in [0.5, 0.6) is 0 Å². The molecule has 3 rings (SSSR count). The molecule has 1 atom stereocenters. The zero-order valence-electron chi connectivity index (χ0n) is 15.2. The minimum absolute atomic E-state index is 0.395. The zero-order valence-corrected chi connectivity index (χ0v) is 15.2. The second-order valence-corrected chi connectivity index (χ2v) is 7.11. The van der Waals surface area contributed by atoms with Gasteiger partial charge in [0.05, 0.1) is 11.7 Å². The molecule has 1 heterocycles. The van der Waals surface area contributed by atoms with E-state index in [4.69, 9.17) is 0 Å². The number of aliphatic hydroxyl groups excluding tert-OH is 1. The Balaban J connectivity index is 1.42. The number of benzene rings is 2. The van der Waals surface area contributed by atoms with Crippen LogP contribution in [0.25, 0.3) is 0 Å². The van der Waals surface area contributed by atoms with Gasteiger partial charge in [-0.05, 0) is 29.7 Å². The first kappa shape index (κ1) is 19.9. The van der Waals surface area contributed by atoms with Crippen LogP contribution < -0.4 is 0 Å². The first-order valence-corrected chi connectivity index (χ1v) is 9.23. The van der Waals surface area contributed by atoms with E-state index >= 15 is 0 Å². The average Bonchev–Trinajstić information content (AvgIpc) is 2.64. The third kappa shape index (κ3) is 6.06. The van der Waals surface area contributed by atoms with E-state index in [0.717, 1.165) is 49.4 Å². The highest BCUT2D eigenvalue weighted by molar-refractivity contribution is 5.24. The summed E-state index contributed by atoms with van der Waals surface area (Å²) in [5.74, 6) is 0. The molecule has 2 aromatic rings. The SMILES string of the molecule is O[C@H](Cc1ccccc1)CN1CCN(Cc2ccc(C(F)(F)F)cc2)CC1. The molecular weight excluding hydrogens is 353 g/mol. The molecule has 0 unspecified atom stereocenters. The molecule has 0 amide bonds. The maximum absolute atomic E-state index is 12.6. The van der Waals surface area contributed by atoms with E-state index in [9.17, 15) is 18.3 Å². The summed E-state index contributed by atoms with van der Waals surface area (Å²) in [7, 11) is 0. The smallest absolute Gasteiger partial charge is 0.391 e. The zero-order chi connectivity index (χ0) is 19.3. The van der Waals surface area contributed by atoms with Crippen LogP contribution in [0.3, 0.4) is 0 Å². The van der Waals surface area contributed by atoms with Crippen molar-refractivity contribution in [1.82, 2.24) is 9.80 Å². The van der Waals surface area contributed by atoms with Gasteiger partial charge in [0, 0.05) is 39.3 Å². The first-order chi connectivity index (χ1) is 12.9. The van der Waals surface area contributed by atoms with Crippen molar-refractivity contribution in [2.75, 3.05) is 32.7 Å². The number of β-amino-alcohol motifs (C(OH)–C–C–N with tert-alkyl or cyclic N) is 1. The van der Waals surface area contributed by atoms with Gasteiger partial charge < -0.3 is 5.11 Å². The predicted octanol–water partition coefficient (Wildman–Crippen LogP) is 3.43. The van der Waals surface area contributed by atoms with E-state index in [1.165, 1.54) is 0 Å². The number of rotatable bonds is 6. The molecular formula is C21H25F3N2O. The molecule has 1 aliphatic heterocycles. The van der Waals surface area contributed by atoms with E-state index in [1.54, 1.807) is 12.1 Å². The van der Waals surface area contributed by atoms with E-state index in [0.29, 0.717) is 19.5 Å². The second-order valence-electron chi connectivity index (χ2n) is 7.11. The van der Waals surface area contributed by atoms with Crippen molar-refractivity contribution in [3.63, 3.8) is 0 Å². The Labute approximate surface area is 158 Å². The Kier molecular flexibility index (Phi) is 6.52. The largest absolute Gasteiger partial charge is 0.416 e. The number of piperazine rings is 1. The van der Waals surface area contributed by atoms with Gasteiger partial charge in [-0.3, -0.25) is 9.80 Å². The molecule has 0 saturated carbocycles. The minimum atomic E-state index is -4.29. The standard InChI is InChI=1S/C21H25F3N2O/c22-21(23,24)19-8-6-18(7-9-19)15-25-10-12-26(13-11-25)16-20(27)14-17-4-2-1-3-5-17/h1-9,20,27H,10-16H2/t20-/m1/s1. The quantitative estimate of drug-likeness (QED) is 0.834. The lowest BCUT2D eigenvalue weighted by molar-refractivity contribution is -0.137. The van der Waals surface area contributed by atoms with Gasteiger partial charge in [-0.1, -0.05) is 42.5 Å². The minimum Gasteiger partial charge on any atom is -0.391 e. The highest BCUT2D eigenvalue weighted by Crippen LogP contribution is 2.29. The van der Waals surface area contributed by atoms with Gasteiger partial charge in [0.2, 0.25) is 0 Å². The lowest BCUT2D eigenvalue weighted by atomic mass is 10.1. The van der Waals surface area contributed by atoms with E-state index < -0.39 is 17.8 Å². The van der Waals surface area contributed by atoms with Crippen molar-refractivity contribution < 1.29 is 18.3 Å². The monoisotopic (exact) mass is 378 g/mol. The van der Waals surface area contributed by atoms with Gasteiger partial charge in [-0.2, -0.15) is 13.2 Å². The summed E-state index contributed by atoms with van der Waals surface area (Å²) in [5.41, 5.74) is 1.41. The molecule has 146 valence electrons. The Bertz CT molecular complexity index is 696. The van der Waals surface area contributed by atoms with Crippen LogP contribution in [-0.4, -0.2) is 53.7 Å². The Morgan fingerprint density at radius 2 is 1.41 bits per heavy atom. The van der Waals surface area contributed by atoms with E-state index in [-0.39, 0.29) is 0 Å². The molecule has 27 heavy (non-hydrogen) atoms. The molecule has 0 radical (unpaired) electrons. The summed E-state index contributed by atoms with van der Waals surface area (Å²) < 4.78 is 37.9. The molecule has 6 heteroatoms. The molecule has 3 nitrogen and oxygen atoms in total. The Morgan fingerprint density at radius 1 is 0.815 bits per heavy atom. The first-order valence-electron chi connectivity index (χ1n) is 9.23. The van der Waals surface area contributed by atoms with E-state index in [1.807, 2.05) is 30.3 Å². The number of hydrogen-bond donors (Lipinski definition) is 1. The summed E-state index contributed by atoms with van der Waals surface area (Å²) in [5, 5.41) is 10.3. The molecule has 2 aromatic carbocycles. The lowest BCUT2D eigenvalue weighted by Gasteiger charge is -2.35. The molecule has 0 aliphatic carbocycles. The third-order valence-electron chi connectivity index (χ3n) is 4.94. The lowest BCUT2D eigenvalue weighted by Crippen LogP contribution is -2.48. The van der Waals surface area contributed by atoms with Crippen LogP contribution in [0.15, 0.2) is 54.6 Å². The van der Waals surface area contributed by atoms with Crippen LogP contribution in [0.4, 0.5) is 13.2 Å². The molecule has 1 saturated heterocycles. The van der Waals surface area contributed by atoms with Gasteiger partial charge in [0.15, 0.2) is 0 Å². The summed E-state index contributed by atoms with van der Waals surface area (Å²) in [6, 6.07) is 15.3. The molecule has 0 aromatic heterocycles. The van der Waals surface area contributed by atoms with Gasteiger partial charge in [0.1, 0.15) is 0 Å². The average molecular weight is 378 g/mol. The van der Waals surface area contributed by atoms with Crippen molar-refractivity contribution in [1.29, 1.82) is 0 Å². The maximum atomic E-state index is 12.6. The Hall–Kier alpha value is -1.89. The summed E-state index contributed by atoms with van der Waals surface area (Å²) in [6.07, 6.45) is -4.04. The number of nitrogens with zero attached hydrogens (tertiary/aromatic N) is 2. The van der Waals surface area contributed by atoms with Gasteiger partial charge in [-0.25, -0.2) is 0 Å². The fourth-order valence-electron chi connectivity index (χ4n) is 3.44. The normalized spacial score (nSPS) is 17.8. The number of hydrogen-bond acceptors (Lipinski definition) is 3. The maximum Gasteiger partial charge on any atom is 0.416 e. The van der Waals surface area contributed by atoms with Crippen LogP contribution in [-0.2, 0) is 19.1 Å². The van der Waals surface area contributed by atoms with Crippen molar-refractivity contribution in [2.45, 2.75) is 25.2 Å². The fraction of sp³-hybridized carbons (Fsp3) is 0.429. The van der Waals surface area contributed by atoms with Crippen molar-refractivity contribution >= 4 is 0 Å². The third-order valence-corrected chi connectivity index (χ3v) is 4.94. The van der Waals surface area contributed by atoms with Crippen molar-refractivity contribution in [3.8, 4) is 0 Å². The Morgan fingerprint density at radius 3 is 2.00 bits per heavy atom. The summed E-state index contributed by atoms with van der Waals surface area (Å²) in [6.45, 7) is 4.69. The van der Waals surface area contributed by atoms with Crippen molar-refractivity contribution in [2.24, 2.45) is 0 Å². The van der Waals surface area contributed by atoms with Crippen LogP contribution in [0.1, 0.15) is 16.7 Å². The van der Waals surface area contributed by atoms with Crippen molar-refractivity contribution in [3.05, 3.63) is 71.3 Å². The van der Waals surface area contributed by atoms with E-state index in [2.05, 4.69) is 9.80 Å². The molecule has 1 aliphatic rings. The predicted molar refractivity (Wildman–Crippen MR) is 99.3 cm³/mol. The molecule has 0 bridgehead atoms. The van der Waals surface area contributed by atoms with Gasteiger partial charge in [0.25, 0.3) is 0 Å². The number of alkyl halides is 3. The van der Waals surface area contributed by atoms with Gasteiger partial charge in [-0.15, -0.1) is 0 Å². The summed E-state index contributed by atoms with van der Waals surface area (Å²) in [4.78, 5) is 4.49. The second kappa shape index (κ2) is 8.87. The molecule has 1 N–H and O–H groups in total. The van der Waals surface area contributed by atoms with Crippen LogP contribution >= 0.6 is 0 Å². The highest BCUT2D eigenvalue weighted by atomic mass is 19.4. The highest BCUT2D eigenvalue weighted by Gasteiger charge is 2.30. The number of aliphatic hydroxyl groups is 1. The molecule has 1 fully saturated rings.